The minimum absolute atomic E-state index is 0.0218. The van der Waals surface area contributed by atoms with E-state index in [1.807, 2.05) is 0 Å². The first-order valence-electron chi connectivity index (χ1n) is 5.46. The number of carbonyl (C=O) groups is 1. The summed E-state index contributed by atoms with van der Waals surface area (Å²) in [5, 5.41) is 12.4. The lowest BCUT2D eigenvalue weighted by molar-refractivity contribution is -0.135. The van der Waals surface area contributed by atoms with E-state index in [4.69, 9.17) is 5.11 Å². The molecule has 2 N–H and O–H groups in total. The summed E-state index contributed by atoms with van der Waals surface area (Å²) in [4.78, 5) is 10.5. The van der Waals surface area contributed by atoms with Crippen LogP contribution < -0.4 is 5.32 Å². The topological polar surface area (TPSA) is 95.8 Å². The zero-order valence-corrected chi connectivity index (χ0v) is 10.5. The number of hydrogen-bond donors (Lipinski definition) is 2. The fourth-order valence-electron chi connectivity index (χ4n) is 1.50. The van der Waals surface area contributed by atoms with Gasteiger partial charge in [0.05, 0.1) is 5.41 Å². The molecular formula is C10H16N2O4S. The van der Waals surface area contributed by atoms with E-state index in [1.165, 1.54) is 0 Å². The van der Waals surface area contributed by atoms with Gasteiger partial charge in [-0.3, -0.25) is 4.79 Å². The van der Waals surface area contributed by atoms with Crippen molar-refractivity contribution < 1.29 is 18.3 Å². The van der Waals surface area contributed by atoms with Gasteiger partial charge in [0.1, 0.15) is 12.3 Å². The van der Waals surface area contributed by atoms with Crippen LogP contribution in [-0.4, -0.2) is 25.3 Å². The third-order valence-corrected chi connectivity index (χ3v) is 3.26. The third kappa shape index (κ3) is 4.99. The maximum Gasteiger partial charge on any atom is 0.311 e. The van der Waals surface area contributed by atoms with Crippen molar-refractivity contribution >= 4 is 21.8 Å². The Morgan fingerprint density at radius 3 is 2.76 bits per heavy atom. The van der Waals surface area contributed by atoms with Crippen molar-refractivity contribution in [3.05, 3.63) is 11.1 Å². The zero-order valence-electron chi connectivity index (χ0n) is 9.64. The number of unbranched alkanes of at least 4 members (excludes halogenated alkanes) is 2. The monoisotopic (exact) mass is 260 g/mol. The van der Waals surface area contributed by atoms with Gasteiger partial charge < -0.3 is 10.4 Å². The average Bonchev–Trinajstić information content (AvgIpc) is 2.14. The number of aliphatic carboxylic acids is 1. The number of sulfonamides is 1. The van der Waals surface area contributed by atoms with E-state index >= 15 is 0 Å². The predicted molar refractivity (Wildman–Crippen MR) is 64.0 cm³/mol. The highest BCUT2D eigenvalue weighted by Crippen LogP contribution is 2.14. The summed E-state index contributed by atoms with van der Waals surface area (Å²) in [5.74, 6) is -1.13. The second-order valence-electron chi connectivity index (χ2n) is 3.85. The summed E-state index contributed by atoms with van der Waals surface area (Å²) in [6.07, 6.45) is 3.09. The van der Waals surface area contributed by atoms with Gasteiger partial charge in [0.25, 0.3) is 10.0 Å². The molecule has 17 heavy (non-hydrogen) atoms. The largest absolute Gasteiger partial charge is 0.481 e. The Morgan fingerprint density at radius 1 is 1.47 bits per heavy atom. The Balaban J connectivity index is 2.70. The number of nitrogens with zero attached hydrogens (tertiary/aromatic N) is 1. The van der Waals surface area contributed by atoms with Crippen molar-refractivity contribution in [1.82, 2.24) is 5.32 Å². The fourth-order valence-corrected chi connectivity index (χ4v) is 2.51. The second kappa shape index (κ2) is 5.81. The number of nitrogens with one attached hydrogen (secondary N) is 1. The smallest absolute Gasteiger partial charge is 0.311 e. The van der Waals surface area contributed by atoms with Gasteiger partial charge in [-0.1, -0.05) is 19.8 Å². The second-order valence-corrected chi connectivity index (χ2v) is 5.30. The summed E-state index contributed by atoms with van der Waals surface area (Å²) in [5.41, 5.74) is 0.518. The molecule has 0 unspecified atom stereocenters. The predicted octanol–water partition coefficient (Wildman–Crippen LogP) is 1.21. The van der Waals surface area contributed by atoms with E-state index in [2.05, 4.69) is 16.6 Å². The van der Waals surface area contributed by atoms with E-state index in [9.17, 15) is 13.2 Å². The lowest BCUT2D eigenvalue weighted by Crippen LogP contribution is -2.30. The molecule has 0 spiro atoms. The number of carboxylic acids is 1. The van der Waals surface area contributed by atoms with Gasteiger partial charge in [0.15, 0.2) is 0 Å². The number of carboxylic acid groups (broad SMARTS) is 1. The van der Waals surface area contributed by atoms with Crippen molar-refractivity contribution in [3.63, 3.8) is 0 Å². The first kappa shape index (κ1) is 13.7. The molecule has 96 valence electrons. The molecule has 7 heteroatoms. The molecule has 0 amide bonds. The number of amidine groups is 1. The molecule has 1 aliphatic heterocycles. The number of allylic oxidation sites excluding steroid dienone is 1. The van der Waals surface area contributed by atoms with Gasteiger partial charge in [-0.2, -0.15) is 8.42 Å². The van der Waals surface area contributed by atoms with Gasteiger partial charge in [-0.05, 0) is 12.8 Å². The molecule has 0 aromatic heterocycles. The molecule has 1 rings (SSSR count). The molecule has 0 aliphatic carbocycles. The molecule has 1 aliphatic rings. The highest BCUT2D eigenvalue weighted by atomic mass is 32.2. The SMILES string of the molecule is CCCCCC1=CS(=O)(=O)N=C(CC(=O)O)N1. The molecule has 0 aromatic rings. The normalized spacial score (nSPS) is 17.9. The fraction of sp³-hybridized carbons (Fsp3) is 0.600. The van der Waals surface area contributed by atoms with Gasteiger partial charge in [-0.15, -0.1) is 4.40 Å². The van der Waals surface area contributed by atoms with Gasteiger partial charge >= 0.3 is 5.97 Å². The standard InChI is InChI=1S/C10H16N2O4S/c1-2-3-4-5-8-7-17(15,16)12-9(11-8)6-10(13)14/h7H,2-6H2,1H3,(H,11,12)(H,13,14). The summed E-state index contributed by atoms with van der Waals surface area (Å²) >= 11 is 0. The number of rotatable bonds is 6. The Kier molecular flexibility index (Phi) is 4.68. The maximum absolute atomic E-state index is 11.4. The Morgan fingerprint density at radius 2 is 2.18 bits per heavy atom. The van der Waals surface area contributed by atoms with Crippen LogP contribution >= 0.6 is 0 Å². The van der Waals surface area contributed by atoms with Crippen LogP contribution in [0, 0.1) is 0 Å². The summed E-state index contributed by atoms with van der Waals surface area (Å²) in [7, 11) is -3.66. The highest BCUT2D eigenvalue weighted by Gasteiger charge is 2.18. The van der Waals surface area contributed by atoms with Crippen LogP contribution in [-0.2, 0) is 14.8 Å². The van der Waals surface area contributed by atoms with Crippen LogP contribution in [0.1, 0.15) is 39.0 Å². The van der Waals surface area contributed by atoms with Crippen LogP contribution in [0.15, 0.2) is 15.5 Å². The number of hydrogen-bond acceptors (Lipinski definition) is 4. The Hall–Kier alpha value is -1.37. The lowest BCUT2D eigenvalue weighted by Gasteiger charge is -2.15. The lowest BCUT2D eigenvalue weighted by atomic mass is 10.2. The van der Waals surface area contributed by atoms with Crippen molar-refractivity contribution in [1.29, 1.82) is 0 Å². The summed E-state index contributed by atoms with van der Waals surface area (Å²) < 4.78 is 26.1. The van der Waals surface area contributed by atoms with E-state index in [1.54, 1.807) is 0 Å². The maximum atomic E-state index is 11.4. The van der Waals surface area contributed by atoms with Crippen LogP contribution in [0.2, 0.25) is 0 Å². The van der Waals surface area contributed by atoms with Crippen molar-refractivity contribution in [2.75, 3.05) is 0 Å². The van der Waals surface area contributed by atoms with Crippen LogP contribution in [0.25, 0.3) is 0 Å². The first-order chi connectivity index (χ1) is 7.93. The van der Waals surface area contributed by atoms with Gasteiger partial charge in [0, 0.05) is 5.70 Å². The molecule has 0 saturated heterocycles. The molecule has 0 aromatic carbocycles. The molecule has 1 heterocycles. The van der Waals surface area contributed by atoms with Crippen LogP contribution in [0.3, 0.4) is 0 Å². The van der Waals surface area contributed by atoms with E-state index < -0.39 is 22.4 Å². The highest BCUT2D eigenvalue weighted by molar-refractivity contribution is 7.93. The molecule has 0 bridgehead atoms. The van der Waals surface area contributed by atoms with Crippen molar-refractivity contribution in [2.24, 2.45) is 4.40 Å². The van der Waals surface area contributed by atoms with Crippen LogP contribution in [0.4, 0.5) is 0 Å². The van der Waals surface area contributed by atoms with Gasteiger partial charge in [-0.25, -0.2) is 0 Å². The Labute approximate surface area is 100 Å². The average molecular weight is 260 g/mol. The minimum atomic E-state index is -3.66. The Bertz CT molecular complexity index is 451. The van der Waals surface area contributed by atoms with Crippen molar-refractivity contribution in [3.8, 4) is 0 Å². The minimum Gasteiger partial charge on any atom is -0.481 e. The summed E-state index contributed by atoms with van der Waals surface area (Å²) in [6.45, 7) is 2.05. The van der Waals surface area contributed by atoms with E-state index in [-0.39, 0.29) is 5.84 Å². The molecule has 0 fully saturated rings. The quantitative estimate of drug-likeness (QED) is 0.700. The van der Waals surface area contributed by atoms with E-state index in [0.29, 0.717) is 12.1 Å². The first-order valence-corrected chi connectivity index (χ1v) is 6.96. The van der Waals surface area contributed by atoms with Gasteiger partial charge in [0.2, 0.25) is 0 Å². The molecule has 0 atom stereocenters. The van der Waals surface area contributed by atoms with Crippen LogP contribution in [0.5, 0.6) is 0 Å². The summed E-state index contributed by atoms with van der Waals surface area (Å²) in [6, 6.07) is 0. The molecular weight excluding hydrogens is 244 g/mol. The zero-order chi connectivity index (χ0) is 12.9. The molecule has 0 saturated carbocycles. The van der Waals surface area contributed by atoms with Crippen molar-refractivity contribution in [2.45, 2.75) is 39.0 Å². The molecule has 6 nitrogen and oxygen atoms in total. The molecule has 0 radical (unpaired) electrons. The third-order valence-electron chi connectivity index (χ3n) is 2.20. The van der Waals surface area contributed by atoms with E-state index in [0.717, 1.165) is 24.7 Å².